The van der Waals surface area contributed by atoms with Crippen molar-refractivity contribution in [3.8, 4) is 34.1 Å². The van der Waals surface area contributed by atoms with Crippen LogP contribution in [-0.2, 0) is 0 Å². The Morgan fingerprint density at radius 2 is 1.59 bits per heavy atom. The SMILES string of the molecule is COc1ccc(C2=NN(C(=O)c3cccc(C(=O)O)c3)C(c3cn(-c4ccccc4)nc3-c3ccc(-c4ncc[nH]4)cc3)C2)cc1. The average Bonchev–Trinajstić information content (AvgIpc) is 3.89. The summed E-state index contributed by atoms with van der Waals surface area (Å²) in [5.41, 5.74) is 5.95. The predicted octanol–water partition coefficient (Wildman–Crippen LogP) is 6.63. The van der Waals surface area contributed by atoms with Crippen molar-refractivity contribution >= 4 is 17.6 Å². The van der Waals surface area contributed by atoms with E-state index < -0.39 is 17.9 Å². The number of carbonyl (C=O) groups excluding carboxylic acids is 1. The lowest BCUT2D eigenvalue weighted by molar-refractivity contribution is 0.0697. The zero-order chi connectivity index (χ0) is 31.6. The Balaban J connectivity index is 1.35. The number of carbonyl (C=O) groups is 2. The molecule has 0 bridgehead atoms. The Labute approximate surface area is 264 Å². The van der Waals surface area contributed by atoms with E-state index in [1.165, 1.54) is 17.1 Å². The van der Waals surface area contributed by atoms with Crippen LogP contribution in [0.5, 0.6) is 5.75 Å². The second kappa shape index (κ2) is 12.0. The highest BCUT2D eigenvalue weighted by Crippen LogP contribution is 2.39. The molecule has 10 nitrogen and oxygen atoms in total. The number of benzene rings is 4. The van der Waals surface area contributed by atoms with Gasteiger partial charge in [-0.15, -0.1) is 0 Å². The van der Waals surface area contributed by atoms with Crippen LogP contribution in [-0.4, -0.2) is 54.6 Å². The van der Waals surface area contributed by atoms with E-state index in [0.29, 0.717) is 23.6 Å². The summed E-state index contributed by atoms with van der Waals surface area (Å²) in [4.78, 5) is 33.4. The second-order valence-electron chi connectivity index (χ2n) is 10.8. The van der Waals surface area contributed by atoms with Gasteiger partial charge >= 0.3 is 5.97 Å². The van der Waals surface area contributed by atoms with Gasteiger partial charge in [0, 0.05) is 47.3 Å². The van der Waals surface area contributed by atoms with Gasteiger partial charge in [0.05, 0.1) is 35.8 Å². The number of H-pyrrole nitrogens is 1. The number of aromatic nitrogens is 4. The van der Waals surface area contributed by atoms with Crippen LogP contribution in [0.3, 0.4) is 0 Å². The van der Waals surface area contributed by atoms with E-state index in [1.807, 2.05) is 89.7 Å². The number of rotatable bonds is 8. The van der Waals surface area contributed by atoms with E-state index in [4.69, 9.17) is 14.9 Å². The van der Waals surface area contributed by atoms with Crippen molar-refractivity contribution in [2.24, 2.45) is 5.10 Å². The van der Waals surface area contributed by atoms with E-state index in [9.17, 15) is 14.7 Å². The van der Waals surface area contributed by atoms with Gasteiger partial charge in [-0.1, -0.05) is 48.5 Å². The van der Waals surface area contributed by atoms with E-state index in [0.717, 1.165) is 33.8 Å². The lowest BCUT2D eigenvalue weighted by Crippen LogP contribution is -2.27. The molecule has 10 heteroatoms. The smallest absolute Gasteiger partial charge is 0.335 e. The van der Waals surface area contributed by atoms with E-state index in [2.05, 4.69) is 9.97 Å². The molecule has 7 rings (SSSR count). The third-order valence-electron chi connectivity index (χ3n) is 7.95. The van der Waals surface area contributed by atoms with Crippen molar-refractivity contribution in [3.63, 3.8) is 0 Å². The average molecular weight is 609 g/mol. The normalized spacial score (nSPS) is 14.2. The van der Waals surface area contributed by atoms with Gasteiger partial charge in [-0.2, -0.15) is 10.2 Å². The number of carboxylic acids is 1. The lowest BCUT2D eigenvalue weighted by Gasteiger charge is -2.22. The summed E-state index contributed by atoms with van der Waals surface area (Å²) in [6, 6.07) is 30.7. The Hall–Kier alpha value is -6.29. The Kier molecular flexibility index (Phi) is 7.43. The molecule has 1 aliphatic heterocycles. The molecule has 6 aromatic rings. The highest BCUT2D eigenvalue weighted by Gasteiger charge is 2.37. The van der Waals surface area contributed by atoms with Gasteiger partial charge in [0.25, 0.3) is 5.91 Å². The zero-order valence-corrected chi connectivity index (χ0v) is 24.7. The molecule has 1 atom stereocenters. The summed E-state index contributed by atoms with van der Waals surface area (Å²) in [6.07, 6.45) is 5.84. The van der Waals surface area contributed by atoms with Gasteiger partial charge in [-0.3, -0.25) is 4.79 Å². The van der Waals surface area contributed by atoms with Crippen LogP contribution in [0.1, 0.15) is 44.3 Å². The molecule has 0 fully saturated rings. The van der Waals surface area contributed by atoms with Crippen LogP contribution in [0, 0.1) is 0 Å². The van der Waals surface area contributed by atoms with Gasteiger partial charge in [-0.25, -0.2) is 19.5 Å². The molecule has 1 amide bonds. The third kappa shape index (κ3) is 5.43. The maximum absolute atomic E-state index is 14.2. The Morgan fingerprint density at radius 3 is 2.28 bits per heavy atom. The fourth-order valence-electron chi connectivity index (χ4n) is 5.59. The molecule has 4 aromatic carbocycles. The first-order valence-electron chi connectivity index (χ1n) is 14.6. The van der Waals surface area contributed by atoms with Crippen LogP contribution in [0.25, 0.3) is 28.3 Å². The molecule has 0 saturated carbocycles. The number of methoxy groups -OCH3 is 1. The van der Waals surface area contributed by atoms with Gasteiger partial charge in [0.2, 0.25) is 0 Å². The predicted molar refractivity (Wildman–Crippen MR) is 173 cm³/mol. The summed E-state index contributed by atoms with van der Waals surface area (Å²) in [6.45, 7) is 0. The molecule has 0 aliphatic carbocycles. The minimum atomic E-state index is -1.11. The molecule has 0 spiro atoms. The summed E-state index contributed by atoms with van der Waals surface area (Å²) < 4.78 is 7.15. The molecule has 0 radical (unpaired) electrons. The first-order valence-corrected chi connectivity index (χ1v) is 14.6. The van der Waals surface area contributed by atoms with Crippen molar-refractivity contribution in [3.05, 3.63) is 144 Å². The fraction of sp³-hybridized carbons (Fsp3) is 0.0833. The second-order valence-corrected chi connectivity index (χ2v) is 10.8. The van der Waals surface area contributed by atoms with Crippen molar-refractivity contribution in [1.29, 1.82) is 0 Å². The minimum Gasteiger partial charge on any atom is -0.497 e. The largest absolute Gasteiger partial charge is 0.497 e. The summed E-state index contributed by atoms with van der Waals surface area (Å²) in [5, 5.41) is 20.9. The molecular formula is C36H28N6O4. The number of amides is 1. The van der Waals surface area contributed by atoms with Crippen molar-refractivity contribution in [1.82, 2.24) is 24.8 Å². The highest BCUT2D eigenvalue weighted by atomic mass is 16.5. The van der Waals surface area contributed by atoms with Crippen molar-refractivity contribution in [2.75, 3.05) is 7.11 Å². The highest BCUT2D eigenvalue weighted by molar-refractivity contribution is 6.05. The molecule has 3 heterocycles. The van der Waals surface area contributed by atoms with Crippen molar-refractivity contribution in [2.45, 2.75) is 12.5 Å². The number of aromatic amines is 1. The molecule has 2 N–H and O–H groups in total. The summed E-state index contributed by atoms with van der Waals surface area (Å²) in [5.74, 6) is -0.0559. The maximum atomic E-state index is 14.2. The molecule has 0 saturated heterocycles. The zero-order valence-electron chi connectivity index (χ0n) is 24.7. The van der Waals surface area contributed by atoms with Gasteiger partial charge in [0.1, 0.15) is 11.6 Å². The molecule has 1 unspecified atom stereocenters. The number of para-hydroxylation sites is 1. The Bertz CT molecular complexity index is 2050. The number of ether oxygens (including phenoxy) is 1. The van der Waals surface area contributed by atoms with Crippen LogP contribution in [0.15, 0.2) is 127 Å². The topological polar surface area (TPSA) is 126 Å². The fourth-order valence-corrected chi connectivity index (χ4v) is 5.59. The van der Waals surface area contributed by atoms with Gasteiger partial charge in [-0.05, 0) is 60.2 Å². The Morgan fingerprint density at radius 1 is 0.870 bits per heavy atom. The van der Waals surface area contributed by atoms with E-state index in [1.54, 1.807) is 31.6 Å². The van der Waals surface area contributed by atoms with Crippen LogP contribution in [0.2, 0.25) is 0 Å². The standard InChI is InChI=1S/C36H28N6O4/c1-46-29-16-14-23(15-17-29)31-21-32(42(39-31)35(43)26-6-5-7-27(20-26)36(44)45)30-22-41(28-8-3-2-4-9-28)40-33(30)24-10-12-25(13-11-24)34-37-18-19-38-34/h2-20,22,32H,21H2,1H3,(H,37,38)(H,44,45). The van der Waals surface area contributed by atoms with Gasteiger partial charge in [0.15, 0.2) is 0 Å². The number of hydrogen-bond donors (Lipinski definition) is 2. The van der Waals surface area contributed by atoms with Crippen LogP contribution in [0.4, 0.5) is 0 Å². The summed E-state index contributed by atoms with van der Waals surface area (Å²) >= 11 is 0. The van der Waals surface area contributed by atoms with Crippen molar-refractivity contribution < 1.29 is 19.4 Å². The minimum absolute atomic E-state index is 0.0233. The third-order valence-corrected chi connectivity index (χ3v) is 7.95. The maximum Gasteiger partial charge on any atom is 0.335 e. The van der Waals surface area contributed by atoms with E-state index >= 15 is 0 Å². The number of hydrazone groups is 1. The monoisotopic (exact) mass is 608 g/mol. The number of carboxylic acid groups (broad SMARTS) is 1. The van der Waals surface area contributed by atoms with Gasteiger partial charge < -0.3 is 14.8 Å². The number of hydrogen-bond acceptors (Lipinski definition) is 6. The molecule has 2 aromatic heterocycles. The van der Waals surface area contributed by atoms with E-state index in [-0.39, 0.29) is 11.1 Å². The molecule has 46 heavy (non-hydrogen) atoms. The molecule has 1 aliphatic rings. The molecule has 226 valence electrons. The van der Waals surface area contributed by atoms with Crippen LogP contribution < -0.4 is 4.74 Å². The number of imidazole rings is 1. The van der Waals surface area contributed by atoms with Crippen LogP contribution >= 0.6 is 0 Å². The number of nitrogens with one attached hydrogen (secondary N) is 1. The number of nitrogens with zero attached hydrogens (tertiary/aromatic N) is 5. The summed E-state index contributed by atoms with van der Waals surface area (Å²) in [7, 11) is 1.61. The number of aromatic carboxylic acids is 1. The molecular weight excluding hydrogens is 580 g/mol. The quantitative estimate of drug-likeness (QED) is 0.200. The first-order chi connectivity index (χ1) is 22.5. The lowest BCUT2D eigenvalue weighted by atomic mass is 9.95. The first kappa shape index (κ1) is 28.5.